The third-order valence-electron chi connectivity index (χ3n) is 2.11. The molecule has 0 saturated heterocycles. The van der Waals surface area contributed by atoms with Crippen LogP contribution in [0.2, 0.25) is 4.34 Å². The fourth-order valence-electron chi connectivity index (χ4n) is 1.48. The lowest BCUT2D eigenvalue weighted by Gasteiger charge is -2.14. The van der Waals surface area contributed by atoms with Crippen molar-refractivity contribution < 1.29 is 0 Å². The standard InChI is InChI=1S/C11H12ClNS2/c1-2-13-11(8-4-3-7-14-8)9-5-6-10(12)15-9/h3-7,11,13H,2H2,1H3. The molecule has 15 heavy (non-hydrogen) atoms. The van der Waals surface area contributed by atoms with Crippen LogP contribution in [0.25, 0.3) is 0 Å². The summed E-state index contributed by atoms with van der Waals surface area (Å²) >= 11 is 9.38. The molecule has 0 saturated carbocycles. The smallest absolute Gasteiger partial charge is 0.0931 e. The van der Waals surface area contributed by atoms with Gasteiger partial charge < -0.3 is 5.32 Å². The highest BCUT2D eigenvalue weighted by Crippen LogP contribution is 2.32. The van der Waals surface area contributed by atoms with Gasteiger partial charge in [-0.15, -0.1) is 22.7 Å². The maximum absolute atomic E-state index is 5.96. The Kier molecular flexibility index (Phi) is 3.81. The highest BCUT2D eigenvalue weighted by atomic mass is 35.5. The number of hydrogen-bond donors (Lipinski definition) is 1. The van der Waals surface area contributed by atoms with Crippen LogP contribution in [0.4, 0.5) is 0 Å². The summed E-state index contributed by atoms with van der Waals surface area (Å²) in [5, 5.41) is 5.58. The average molecular weight is 258 g/mol. The first-order valence-electron chi connectivity index (χ1n) is 4.83. The largest absolute Gasteiger partial charge is 0.305 e. The molecule has 2 aromatic heterocycles. The summed E-state index contributed by atoms with van der Waals surface area (Å²) in [5.74, 6) is 0. The molecule has 2 rings (SSSR count). The second-order valence-corrected chi connectivity index (χ2v) is 5.87. The van der Waals surface area contributed by atoms with E-state index in [1.807, 2.05) is 6.07 Å². The second kappa shape index (κ2) is 5.12. The van der Waals surface area contributed by atoms with Crippen LogP contribution < -0.4 is 5.32 Å². The fourth-order valence-corrected chi connectivity index (χ4v) is 3.53. The van der Waals surface area contributed by atoms with Gasteiger partial charge in [0, 0.05) is 9.75 Å². The van der Waals surface area contributed by atoms with Crippen LogP contribution in [0, 0.1) is 0 Å². The van der Waals surface area contributed by atoms with Gasteiger partial charge >= 0.3 is 0 Å². The average Bonchev–Trinajstić information content (AvgIpc) is 2.85. The van der Waals surface area contributed by atoms with E-state index >= 15 is 0 Å². The van der Waals surface area contributed by atoms with Gasteiger partial charge in [0.05, 0.1) is 10.4 Å². The molecule has 0 radical (unpaired) electrons. The van der Waals surface area contributed by atoms with Crippen molar-refractivity contribution in [3.05, 3.63) is 43.7 Å². The highest BCUT2D eigenvalue weighted by molar-refractivity contribution is 7.16. The van der Waals surface area contributed by atoms with Crippen molar-refractivity contribution in [1.82, 2.24) is 5.32 Å². The first-order chi connectivity index (χ1) is 7.31. The number of hydrogen-bond acceptors (Lipinski definition) is 3. The molecular weight excluding hydrogens is 246 g/mol. The van der Waals surface area contributed by atoms with Gasteiger partial charge in [-0.1, -0.05) is 24.6 Å². The Bertz CT molecular complexity index is 408. The summed E-state index contributed by atoms with van der Waals surface area (Å²) < 4.78 is 0.851. The topological polar surface area (TPSA) is 12.0 Å². The minimum absolute atomic E-state index is 0.299. The minimum atomic E-state index is 0.299. The van der Waals surface area contributed by atoms with E-state index in [9.17, 15) is 0 Å². The van der Waals surface area contributed by atoms with Crippen LogP contribution in [0.15, 0.2) is 29.6 Å². The lowest BCUT2D eigenvalue weighted by molar-refractivity contribution is 0.649. The van der Waals surface area contributed by atoms with E-state index in [1.165, 1.54) is 9.75 Å². The van der Waals surface area contributed by atoms with E-state index in [0.29, 0.717) is 6.04 Å². The van der Waals surface area contributed by atoms with Gasteiger partial charge in [-0.25, -0.2) is 0 Å². The Balaban J connectivity index is 2.27. The molecule has 80 valence electrons. The van der Waals surface area contributed by atoms with E-state index in [2.05, 4.69) is 35.8 Å². The molecule has 0 amide bonds. The Hall–Kier alpha value is -0.350. The van der Waals surface area contributed by atoms with E-state index < -0.39 is 0 Å². The van der Waals surface area contributed by atoms with Gasteiger partial charge in [-0.3, -0.25) is 0 Å². The Morgan fingerprint density at radius 3 is 2.73 bits per heavy atom. The maximum atomic E-state index is 5.96. The van der Waals surface area contributed by atoms with Crippen molar-refractivity contribution >= 4 is 34.3 Å². The third kappa shape index (κ3) is 2.61. The summed E-state index contributed by atoms with van der Waals surface area (Å²) in [7, 11) is 0. The first kappa shape index (κ1) is 11.1. The lowest BCUT2D eigenvalue weighted by atomic mass is 10.2. The van der Waals surface area contributed by atoms with Gasteiger partial charge in [0.1, 0.15) is 0 Å². The molecule has 1 nitrogen and oxygen atoms in total. The van der Waals surface area contributed by atoms with Gasteiger partial charge in [0.25, 0.3) is 0 Å². The summed E-state index contributed by atoms with van der Waals surface area (Å²) in [6.07, 6.45) is 0. The molecule has 2 heterocycles. The van der Waals surface area contributed by atoms with Gasteiger partial charge in [0.2, 0.25) is 0 Å². The summed E-state index contributed by atoms with van der Waals surface area (Å²) in [6, 6.07) is 8.59. The molecule has 2 aromatic rings. The van der Waals surface area contributed by atoms with Gasteiger partial charge in [-0.2, -0.15) is 0 Å². The monoisotopic (exact) mass is 257 g/mol. The van der Waals surface area contributed by atoms with Crippen LogP contribution in [-0.4, -0.2) is 6.54 Å². The molecule has 0 bridgehead atoms. The molecule has 4 heteroatoms. The predicted octanol–water partition coefficient (Wildman–Crippen LogP) is 4.16. The fraction of sp³-hybridized carbons (Fsp3) is 0.273. The van der Waals surface area contributed by atoms with Gasteiger partial charge in [0.15, 0.2) is 0 Å². The molecule has 1 unspecified atom stereocenters. The number of thiophene rings is 2. The van der Waals surface area contributed by atoms with Crippen molar-refractivity contribution in [3.63, 3.8) is 0 Å². The van der Waals surface area contributed by atoms with E-state index in [1.54, 1.807) is 22.7 Å². The molecular formula is C11H12ClNS2. The van der Waals surface area contributed by atoms with E-state index in [0.717, 1.165) is 10.9 Å². The summed E-state index contributed by atoms with van der Waals surface area (Å²) in [4.78, 5) is 2.62. The molecule has 0 aromatic carbocycles. The van der Waals surface area contributed by atoms with Crippen molar-refractivity contribution in [2.45, 2.75) is 13.0 Å². The third-order valence-corrected chi connectivity index (χ3v) is 4.35. The Morgan fingerprint density at radius 2 is 2.20 bits per heavy atom. The molecule has 0 spiro atoms. The lowest BCUT2D eigenvalue weighted by Crippen LogP contribution is -2.19. The molecule has 0 aliphatic carbocycles. The quantitative estimate of drug-likeness (QED) is 0.867. The van der Waals surface area contributed by atoms with E-state index in [4.69, 9.17) is 11.6 Å². The number of halogens is 1. The molecule has 0 aliphatic heterocycles. The normalized spacial score (nSPS) is 12.9. The molecule has 0 fully saturated rings. The Labute approximate surface area is 103 Å². The van der Waals surface area contributed by atoms with Crippen LogP contribution in [-0.2, 0) is 0 Å². The number of rotatable bonds is 4. The number of nitrogens with one attached hydrogen (secondary N) is 1. The zero-order valence-corrected chi connectivity index (χ0v) is 10.8. The molecule has 0 aliphatic rings. The summed E-state index contributed by atoms with van der Waals surface area (Å²) in [5.41, 5.74) is 0. The van der Waals surface area contributed by atoms with Gasteiger partial charge in [-0.05, 0) is 30.1 Å². The van der Waals surface area contributed by atoms with Crippen LogP contribution in [0.1, 0.15) is 22.7 Å². The zero-order valence-electron chi connectivity index (χ0n) is 8.37. The molecule has 1 N–H and O–H groups in total. The van der Waals surface area contributed by atoms with Crippen LogP contribution in [0.5, 0.6) is 0 Å². The van der Waals surface area contributed by atoms with Crippen molar-refractivity contribution in [1.29, 1.82) is 0 Å². The second-order valence-electron chi connectivity index (χ2n) is 3.15. The zero-order chi connectivity index (χ0) is 10.7. The van der Waals surface area contributed by atoms with Crippen LogP contribution in [0.3, 0.4) is 0 Å². The van der Waals surface area contributed by atoms with Crippen molar-refractivity contribution in [2.75, 3.05) is 6.54 Å². The summed E-state index contributed by atoms with van der Waals surface area (Å²) in [6.45, 7) is 3.08. The maximum Gasteiger partial charge on any atom is 0.0931 e. The first-order valence-corrected chi connectivity index (χ1v) is 6.90. The van der Waals surface area contributed by atoms with E-state index in [-0.39, 0.29) is 0 Å². The highest BCUT2D eigenvalue weighted by Gasteiger charge is 2.15. The SMILES string of the molecule is CCNC(c1cccs1)c1ccc(Cl)s1. The van der Waals surface area contributed by atoms with Crippen molar-refractivity contribution in [3.8, 4) is 0 Å². The predicted molar refractivity (Wildman–Crippen MR) is 69.2 cm³/mol. The molecule has 1 atom stereocenters. The van der Waals surface area contributed by atoms with Crippen molar-refractivity contribution in [2.24, 2.45) is 0 Å². The Morgan fingerprint density at radius 1 is 1.33 bits per heavy atom. The minimum Gasteiger partial charge on any atom is -0.305 e. The van der Waals surface area contributed by atoms with Crippen LogP contribution >= 0.6 is 34.3 Å².